The average molecular weight is 684 g/mol. The Labute approximate surface area is 286 Å². The van der Waals surface area contributed by atoms with Crippen LogP contribution in [0.25, 0.3) is 17.0 Å². The Hall–Kier alpha value is -4.56. The third-order valence-electron chi connectivity index (χ3n) is 8.01. The summed E-state index contributed by atoms with van der Waals surface area (Å²) < 4.78 is 15.7. The zero-order valence-corrected chi connectivity index (χ0v) is 29.2. The fourth-order valence-electron chi connectivity index (χ4n) is 5.17. The van der Waals surface area contributed by atoms with Crippen molar-refractivity contribution < 1.29 is 43.3 Å². The molecule has 1 saturated heterocycles. The first kappa shape index (κ1) is 38.9. The summed E-state index contributed by atoms with van der Waals surface area (Å²) in [4.78, 5) is 68.3. The fourth-order valence-corrected chi connectivity index (χ4v) is 5.17. The molecule has 2 aromatic rings. The highest BCUT2D eigenvalue weighted by Gasteiger charge is 2.34. The Balaban J connectivity index is 1.77. The molecule has 268 valence electrons. The van der Waals surface area contributed by atoms with Crippen LogP contribution in [0.2, 0.25) is 0 Å². The van der Waals surface area contributed by atoms with Gasteiger partial charge in [0.05, 0.1) is 23.6 Å². The number of benzene rings is 1. The van der Waals surface area contributed by atoms with E-state index in [2.05, 4.69) is 21.0 Å². The van der Waals surface area contributed by atoms with Crippen LogP contribution in [0.5, 0.6) is 0 Å². The maximum atomic E-state index is 13.8. The number of hydrogen-bond donors (Lipinski definition) is 4. The van der Waals surface area contributed by atoms with Crippen molar-refractivity contribution in [2.24, 2.45) is 11.8 Å². The van der Waals surface area contributed by atoms with Crippen molar-refractivity contribution in [2.45, 2.75) is 98.1 Å². The molecule has 1 aromatic heterocycles. The van der Waals surface area contributed by atoms with E-state index in [1.807, 2.05) is 37.3 Å². The summed E-state index contributed by atoms with van der Waals surface area (Å²) in [6.45, 7) is 11.9. The Morgan fingerprint density at radius 2 is 1.76 bits per heavy atom. The van der Waals surface area contributed by atoms with E-state index in [9.17, 15) is 29.1 Å². The Bertz CT molecular complexity index is 1510. The van der Waals surface area contributed by atoms with Crippen LogP contribution in [-0.4, -0.2) is 88.6 Å². The molecule has 49 heavy (non-hydrogen) atoms. The standard InChI is InChI=1S/C35H49N5O9/c1-8-26-15-14-25-13-11-24(18-29(25)37-26)12-16-27(23(7)47-19-48-35(46)49-21(4)5)31(41)38-30(20(2)3)32(42)36-22(6)33(43)40-17-9-10-28(39-40)34(44)45/h11-16,18,20-23,27-28,30,39H,8-10,17,19H2,1-7H3,(H,36,42)(H,38,41)(H,44,45). The molecule has 3 rings (SSSR count). The number of aryl methyl sites for hydroxylation is 1. The van der Waals surface area contributed by atoms with Gasteiger partial charge in [-0.25, -0.2) is 10.2 Å². The molecule has 14 heteroatoms. The summed E-state index contributed by atoms with van der Waals surface area (Å²) in [6.07, 6.45) is 2.98. The lowest BCUT2D eigenvalue weighted by atomic mass is 9.97. The number of carboxylic acid groups (broad SMARTS) is 1. The number of aromatic nitrogens is 1. The van der Waals surface area contributed by atoms with Crippen molar-refractivity contribution >= 4 is 46.8 Å². The van der Waals surface area contributed by atoms with Crippen LogP contribution in [0.4, 0.5) is 4.79 Å². The maximum absolute atomic E-state index is 13.8. The van der Waals surface area contributed by atoms with Crippen molar-refractivity contribution in [3.8, 4) is 0 Å². The van der Waals surface area contributed by atoms with Gasteiger partial charge in [-0.15, -0.1) is 0 Å². The van der Waals surface area contributed by atoms with Crippen molar-refractivity contribution in [2.75, 3.05) is 13.3 Å². The normalized spacial score (nSPS) is 17.4. The number of fused-ring (bicyclic) bond motifs is 1. The number of ether oxygens (including phenoxy) is 3. The Kier molecular flexibility index (Phi) is 14.5. The van der Waals surface area contributed by atoms with Gasteiger partial charge in [0.1, 0.15) is 18.1 Å². The first-order valence-corrected chi connectivity index (χ1v) is 16.6. The highest BCUT2D eigenvalue weighted by atomic mass is 16.8. The second-order valence-electron chi connectivity index (χ2n) is 12.7. The third-order valence-corrected chi connectivity index (χ3v) is 8.01. The van der Waals surface area contributed by atoms with E-state index in [1.54, 1.807) is 46.8 Å². The highest BCUT2D eigenvalue weighted by Crippen LogP contribution is 2.19. The van der Waals surface area contributed by atoms with Gasteiger partial charge in [0, 0.05) is 17.6 Å². The van der Waals surface area contributed by atoms with Crippen LogP contribution in [0.1, 0.15) is 72.6 Å². The zero-order chi connectivity index (χ0) is 36.2. The van der Waals surface area contributed by atoms with Gasteiger partial charge in [0.15, 0.2) is 6.79 Å². The molecule has 0 spiro atoms. The Morgan fingerprint density at radius 1 is 1.04 bits per heavy atom. The van der Waals surface area contributed by atoms with Gasteiger partial charge < -0.3 is 30.0 Å². The minimum Gasteiger partial charge on any atom is -0.480 e. The number of carbonyl (C=O) groups excluding carboxylic acids is 4. The second kappa shape index (κ2) is 18.3. The quantitative estimate of drug-likeness (QED) is 0.159. The van der Waals surface area contributed by atoms with Crippen molar-refractivity contribution in [1.29, 1.82) is 0 Å². The summed E-state index contributed by atoms with van der Waals surface area (Å²) in [7, 11) is 0. The van der Waals surface area contributed by atoms with Gasteiger partial charge in [-0.1, -0.05) is 51.1 Å². The maximum Gasteiger partial charge on any atom is 0.510 e. The molecular formula is C35H49N5O9. The molecule has 0 bridgehead atoms. The molecular weight excluding hydrogens is 634 g/mol. The Morgan fingerprint density at radius 3 is 2.41 bits per heavy atom. The van der Waals surface area contributed by atoms with Gasteiger partial charge in [0.25, 0.3) is 5.91 Å². The number of hydrogen-bond acceptors (Lipinski definition) is 10. The number of carboxylic acids is 1. The van der Waals surface area contributed by atoms with E-state index < -0.39 is 66.8 Å². The molecule has 1 fully saturated rings. The smallest absolute Gasteiger partial charge is 0.480 e. The zero-order valence-electron chi connectivity index (χ0n) is 29.2. The first-order valence-electron chi connectivity index (χ1n) is 16.6. The highest BCUT2D eigenvalue weighted by molar-refractivity contribution is 5.93. The fraction of sp³-hybridized carbons (Fsp3) is 0.543. The molecule has 5 atom stereocenters. The van der Waals surface area contributed by atoms with E-state index in [0.717, 1.165) is 28.6 Å². The average Bonchev–Trinajstić information content (AvgIpc) is 3.05. The minimum atomic E-state index is -1.07. The van der Waals surface area contributed by atoms with Gasteiger partial charge >= 0.3 is 12.1 Å². The summed E-state index contributed by atoms with van der Waals surface area (Å²) >= 11 is 0. The summed E-state index contributed by atoms with van der Waals surface area (Å²) in [5.41, 5.74) is 5.24. The molecule has 4 N–H and O–H groups in total. The van der Waals surface area contributed by atoms with Gasteiger partial charge in [-0.2, -0.15) is 0 Å². The molecule has 0 radical (unpaired) electrons. The molecule has 2 heterocycles. The van der Waals surface area contributed by atoms with Crippen LogP contribution >= 0.6 is 0 Å². The lowest BCUT2D eigenvalue weighted by Crippen LogP contribution is -2.61. The van der Waals surface area contributed by atoms with E-state index in [-0.39, 0.29) is 12.0 Å². The van der Waals surface area contributed by atoms with Crippen molar-refractivity contribution in [3.63, 3.8) is 0 Å². The lowest BCUT2D eigenvalue weighted by molar-refractivity contribution is -0.148. The third kappa shape index (κ3) is 11.5. The molecule has 0 saturated carbocycles. The summed E-state index contributed by atoms with van der Waals surface area (Å²) in [6, 6.07) is 6.81. The number of hydrazine groups is 1. The molecule has 1 aliphatic heterocycles. The number of aliphatic carboxylic acids is 1. The van der Waals surface area contributed by atoms with E-state index in [1.165, 1.54) is 11.9 Å². The number of nitrogens with one attached hydrogen (secondary N) is 3. The molecule has 1 aliphatic rings. The number of amides is 3. The number of rotatable bonds is 15. The first-order chi connectivity index (χ1) is 23.2. The van der Waals surface area contributed by atoms with E-state index in [0.29, 0.717) is 19.4 Å². The number of nitrogens with zero attached hydrogens (tertiary/aromatic N) is 2. The van der Waals surface area contributed by atoms with Gasteiger partial charge in [-0.05, 0) is 70.6 Å². The monoisotopic (exact) mass is 683 g/mol. The van der Waals surface area contributed by atoms with Gasteiger partial charge in [-0.3, -0.25) is 29.2 Å². The van der Waals surface area contributed by atoms with Crippen LogP contribution in [0.15, 0.2) is 36.4 Å². The second-order valence-corrected chi connectivity index (χ2v) is 12.7. The minimum absolute atomic E-state index is 0.297. The molecule has 5 unspecified atom stereocenters. The van der Waals surface area contributed by atoms with Crippen LogP contribution < -0.4 is 16.1 Å². The lowest BCUT2D eigenvalue weighted by Gasteiger charge is -2.34. The summed E-state index contributed by atoms with van der Waals surface area (Å²) in [5, 5.41) is 17.0. The largest absolute Gasteiger partial charge is 0.510 e. The van der Waals surface area contributed by atoms with E-state index >= 15 is 0 Å². The van der Waals surface area contributed by atoms with Crippen molar-refractivity contribution in [1.82, 2.24) is 26.1 Å². The van der Waals surface area contributed by atoms with Gasteiger partial charge in [0.2, 0.25) is 11.8 Å². The predicted octanol–water partition coefficient (Wildman–Crippen LogP) is 3.58. The van der Waals surface area contributed by atoms with Crippen molar-refractivity contribution in [3.05, 3.63) is 47.7 Å². The van der Waals surface area contributed by atoms with Crippen LogP contribution in [-0.2, 0) is 39.8 Å². The molecule has 14 nitrogen and oxygen atoms in total. The predicted molar refractivity (Wildman–Crippen MR) is 182 cm³/mol. The van der Waals surface area contributed by atoms with E-state index in [4.69, 9.17) is 14.2 Å². The van der Waals surface area contributed by atoms with Crippen LogP contribution in [0, 0.1) is 11.8 Å². The molecule has 1 aromatic carbocycles. The molecule has 3 amide bonds. The molecule has 0 aliphatic carbocycles. The SMILES string of the molecule is CCc1ccc2ccc(C=CC(C(=O)NC(C(=O)NC(C)C(=O)N3CCCC(C(=O)O)N3)C(C)C)C(C)OCOC(=O)OC(C)C)cc2n1. The number of pyridine rings is 1. The summed E-state index contributed by atoms with van der Waals surface area (Å²) in [5.74, 6) is -3.99. The topological polar surface area (TPSA) is 185 Å². The van der Waals surface area contributed by atoms with Crippen LogP contribution in [0.3, 0.4) is 0 Å². The number of carbonyl (C=O) groups is 5.